The second kappa shape index (κ2) is 3.88. The minimum atomic E-state index is -0.638. The van der Waals surface area contributed by atoms with Crippen molar-refractivity contribution < 1.29 is 14.9 Å². The van der Waals surface area contributed by atoms with Gasteiger partial charge in [0.1, 0.15) is 0 Å². The summed E-state index contributed by atoms with van der Waals surface area (Å²) >= 11 is 0. The van der Waals surface area contributed by atoms with Crippen molar-refractivity contribution in [1.29, 1.82) is 0 Å². The molecule has 0 aliphatic rings. The molecule has 1 aromatic rings. The van der Waals surface area contributed by atoms with E-state index in [0.29, 0.717) is 0 Å². The van der Waals surface area contributed by atoms with Crippen molar-refractivity contribution in [1.82, 2.24) is 0 Å². The van der Waals surface area contributed by atoms with Gasteiger partial charge >= 0.3 is 5.97 Å². The molecule has 64 valence electrons. The zero-order valence-electron chi connectivity index (χ0n) is 6.73. The number of hydrogen-bond donors (Lipinski definition) is 1. The summed E-state index contributed by atoms with van der Waals surface area (Å²) in [6.07, 6.45) is 0. The average Bonchev–Trinajstić information content (AvgIpc) is 2.17. The van der Waals surface area contributed by atoms with Crippen LogP contribution in [0.5, 0.6) is 0 Å². The highest BCUT2D eigenvalue weighted by molar-refractivity contribution is 5.76. The van der Waals surface area contributed by atoms with Gasteiger partial charge in [0.15, 0.2) is 0 Å². The molecular weight excluding hydrogens is 156 g/mol. The normalized spacial score (nSPS) is 12.2. The fourth-order valence-corrected chi connectivity index (χ4v) is 0.957. The first kappa shape index (κ1) is 8.74. The molecule has 1 rings (SSSR count). The predicted molar refractivity (Wildman–Crippen MR) is 43.6 cm³/mol. The zero-order valence-corrected chi connectivity index (χ0v) is 6.73. The van der Waals surface area contributed by atoms with E-state index >= 15 is 0 Å². The van der Waals surface area contributed by atoms with Gasteiger partial charge in [-0.25, -0.2) is 4.79 Å². The Kier molecular flexibility index (Phi) is 2.82. The van der Waals surface area contributed by atoms with E-state index < -0.39 is 11.9 Å². The van der Waals surface area contributed by atoms with E-state index in [2.05, 4.69) is 4.89 Å². The lowest BCUT2D eigenvalue weighted by atomic mass is 10.0. The first-order chi connectivity index (χ1) is 5.75. The van der Waals surface area contributed by atoms with E-state index in [9.17, 15) is 4.79 Å². The van der Waals surface area contributed by atoms with Crippen LogP contribution in [0.25, 0.3) is 0 Å². The molecule has 1 aromatic carbocycles. The first-order valence-electron chi connectivity index (χ1n) is 3.66. The summed E-state index contributed by atoms with van der Waals surface area (Å²) in [6.45, 7) is 1.67. The van der Waals surface area contributed by atoms with Gasteiger partial charge in [0.25, 0.3) is 0 Å². The van der Waals surface area contributed by atoms with Gasteiger partial charge in [-0.1, -0.05) is 30.3 Å². The largest absolute Gasteiger partial charge is 0.349 e. The molecule has 0 unspecified atom stereocenters. The smallest absolute Gasteiger partial charge is 0.300 e. The Bertz CT molecular complexity index is 256. The lowest BCUT2D eigenvalue weighted by molar-refractivity contribution is -0.235. The van der Waals surface area contributed by atoms with E-state index in [0.717, 1.165) is 5.56 Å². The van der Waals surface area contributed by atoms with Gasteiger partial charge in [0.2, 0.25) is 0 Å². The third-order valence-electron chi connectivity index (χ3n) is 1.74. The minimum Gasteiger partial charge on any atom is -0.300 e. The van der Waals surface area contributed by atoms with Crippen LogP contribution in [-0.2, 0) is 9.68 Å². The Morgan fingerprint density at radius 3 is 2.50 bits per heavy atom. The molecule has 0 saturated heterocycles. The lowest BCUT2D eigenvalue weighted by Crippen LogP contribution is -2.10. The molecule has 0 aliphatic carbocycles. The van der Waals surface area contributed by atoms with Crippen molar-refractivity contribution in [3.05, 3.63) is 35.9 Å². The average molecular weight is 166 g/mol. The summed E-state index contributed by atoms with van der Waals surface area (Å²) < 4.78 is 0. The molecular formula is C9H10O3. The van der Waals surface area contributed by atoms with Gasteiger partial charge in [0, 0.05) is 0 Å². The molecule has 0 heterocycles. The number of carbonyl (C=O) groups excluding carboxylic acids is 1. The maximum atomic E-state index is 10.8. The van der Waals surface area contributed by atoms with Gasteiger partial charge in [0.05, 0.1) is 5.92 Å². The minimum absolute atomic E-state index is 0.420. The Morgan fingerprint density at radius 2 is 2.00 bits per heavy atom. The molecule has 3 heteroatoms. The van der Waals surface area contributed by atoms with Crippen LogP contribution in [0.3, 0.4) is 0 Å². The predicted octanol–water partition coefficient (Wildman–Crippen LogP) is 1.81. The van der Waals surface area contributed by atoms with Crippen LogP contribution in [0.2, 0.25) is 0 Å². The molecule has 12 heavy (non-hydrogen) atoms. The number of hydrogen-bond acceptors (Lipinski definition) is 3. The molecule has 3 nitrogen and oxygen atoms in total. The van der Waals surface area contributed by atoms with Gasteiger partial charge < -0.3 is 4.89 Å². The second-order valence-corrected chi connectivity index (χ2v) is 2.54. The van der Waals surface area contributed by atoms with E-state index in [1.807, 2.05) is 30.3 Å². The van der Waals surface area contributed by atoms with Crippen molar-refractivity contribution in [2.75, 3.05) is 0 Å². The maximum Gasteiger partial charge on any atom is 0.349 e. The van der Waals surface area contributed by atoms with Crippen molar-refractivity contribution in [3.63, 3.8) is 0 Å². The zero-order chi connectivity index (χ0) is 8.97. The molecule has 0 fully saturated rings. The van der Waals surface area contributed by atoms with Crippen LogP contribution in [0.4, 0.5) is 0 Å². The molecule has 0 amide bonds. The number of carbonyl (C=O) groups is 1. The summed E-state index contributed by atoms with van der Waals surface area (Å²) in [5, 5.41) is 8.12. The monoisotopic (exact) mass is 166 g/mol. The number of benzene rings is 1. The summed E-state index contributed by atoms with van der Waals surface area (Å²) in [4.78, 5) is 14.5. The second-order valence-electron chi connectivity index (χ2n) is 2.54. The molecule has 0 aromatic heterocycles. The first-order valence-corrected chi connectivity index (χ1v) is 3.66. The number of rotatable bonds is 2. The summed E-state index contributed by atoms with van der Waals surface area (Å²) in [7, 11) is 0. The van der Waals surface area contributed by atoms with E-state index in [1.54, 1.807) is 6.92 Å². The van der Waals surface area contributed by atoms with Crippen LogP contribution in [-0.4, -0.2) is 11.2 Å². The van der Waals surface area contributed by atoms with Crippen LogP contribution < -0.4 is 0 Å². The highest BCUT2D eigenvalue weighted by Crippen LogP contribution is 2.15. The van der Waals surface area contributed by atoms with Crippen LogP contribution in [0.15, 0.2) is 30.3 Å². The van der Waals surface area contributed by atoms with Crippen molar-refractivity contribution in [2.45, 2.75) is 12.8 Å². The highest BCUT2D eigenvalue weighted by atomic mass is 17.1. The molecule has 0 spiro atoms. The molecule has 0 radical (unpaired) electrons. The van der Waals surface area contributed by atoms with Gasteiger partial charge in [-0.05, 0) is 12.5 Å². The molecule has 1 N–H and O–H groups in total. The topological polar surface area (TPSA) is 46.5 Å². The Hall–Kier alpha value is -1.35. The Balaban J connectivity index is 2.78. The third kappa shape index (κ3) is 1.83. The third-order valence-corrected chi connectivity index (χ3v) is 1.74. The summed E-state index contributed by atoms with van der Waals surface area (Å²) in [6, 6.07) is 9.14. The van der Waals surface area contributed by atoms with Crippen LogP contribution in [0, 0.1) is 0 Å². The summed E-state index contributed by atoms with van der Waals surface area (Å²) in [5.74, 6) is -1.06. The van der Waals surface area contributed by atoms with Gasteiger partial charge in [-0.2, -0.15) is 5.26 Å². The molecule has 1 atom stereocenters. The highest BCUT2D eigenvalue weighted by Gasteiger charge is 2.15. The van der Waals surface area contributed by atoms with Crippen molar-refractivity contribution in [2.24, 2.45) is 0 Å². The van der Waals surface area contributed by atoms with Gasteiger partial charge in [-0.3, -0.25) is 0 Å². The molecule has 0 saturated carbocycles. The fraction of sp³-hybridized carbons (Fsp3) is 0.222. The van der Waals surface area contributed by atoms with E-state index in [1.165, 1.54) is 0 Å². The lowest BCUT2D eigenvalue weighted by Gasteiger charge is -2.06. The standard InChI is InChI=1S/C9H10O3/c1-7(9(10)12-11)8-5-3-2-4-6-8/h2-7,11H,1H3/t7-/m0/s1. The van der Waals surface area contributed by atoms with Gasteiger partial charge in [-0.15, -0.1) is 0 Å². The molecule has 0 aliphatic heterocycles. The van der Waals surface area contributed by atoms with Crippen LogP contribution >= 0.6 is 0 Å². The maximum absolute atomic E-state index is 10.8. The van der Waals surface area contributed by atoms with Crippen molar-refractivity contribution >= 4 is 5.97 Å². The fourth-order valence-electron chi connectivity index (χ4n) is 0.957. The Labute approximate surface area is 70.5 Å². The van der Waals surface area contributed by atoms with E-state index in [4.69, 9.17) is 5.26 Å². The molecule has 0 bridgehead atoms. The summed E-state index contributed by atoms with van der Waals surface area (Å²) in [5.41, 5.74) is 0.830. The van der Waals surface area contributed by atoms with E-state index in [-0.39, 0.29) is 0 Å². The SMILES string of the molecule is C[C@H](C(=O)OO)c1ccccc1. The van der Waals surface area contributed by atoms with Crippen LogP contribution in [0.1, 0.15) is 18.4 Å². The quantitative estimate of drug-likeness (QED) is 0.538. The van der Waals surface area contributed by atoms with Crippen molar-refractivity contribution in [3.8, 4) is 0 Å². The Morgan fingerprint density at radius 1 is 1.42 bits per heavy atom.